The van der Waals surface area contributed by atoms with E-state index in [4.69, 9.17) is 0 Å². The summed E-state index contributed by atoms with van der Waals surface area (Å²) in [5, 5.41) is 2.80. The largest absolute Gasteiger partial charge is 0.345 e. The molecule has 3 aliphatic rings. The second kappa shape index (κ2) is 7.59. The lowest BCUT2D eigenvalue weighted by Crippen LogP contribution is -2.47. The molecule has 1 aromatic heterocycles. The molecule has 5 rings (SSSR count). The van der Waals surface area contributed by atoms with Gasteiger partial charge in [-0.15, -0.1) is 0 Å². The van der Waals surface area contributed by atoms with Crippen LogP contribution in [0.4, 0.5) is 0 Å². The van der Waals surface area contributed by atoms with Crippen molar-refractivity contribution < 1.29 is 14.4 Å². The van der Waals surface area contributed by atoms with Gasteiger partial charge in [0.15, 0.2) is 0 Å². The van der Waals surface area contributed by atoms with Gasteiger partial charge in [-0.1, -0.05) is 18.2 Å². The standard InChI is InChI=1S/C22H25N5O3/c28-19(25-10-7-15(8-11-25)26-12-9-23-14-26)13-24-21(29)20-17-3-1-2-4-18(17)22(30)27(20)16-5-6-16/h1-4,9,12,14-16,20H,5-8,10-11,13H2,(H,24,29). The fourth-order valence-electron chi connectivity index (χ4n) is 4.60. The first-order valence-corrected chi connectivity index (χ1v) is 10.6. The van der Waals surface area contributed by atoms with Gasteiger partial charge >= 0.3 is 0 Å². The number of amides is 3. The fourth-order valence-corrected chi connectivity index (χ4v) is 4.60. The highest BCUT2D eigenvalue weighted by atomic mass is 16.2. The monoisotopic (exact) mass is 407 g/mol. The number of likely N-dealkylation sites (tertiary alicyclic amines) is 1. The Hall–Kier alpha value is -3.16. The molecule has 0 bridgehead atoms. The van der Waals surface area contributed by atoms with Gasteiger partial charge in [0.25, 0.3) is 5.91 Å². The minimum absolute atomic E-state index is 0.0417. The summed E-state index contributed by atoms with van der Waals surface area (Å²) in [6, 6.07) is 7.12. The van der Waals surface area contributed by atoms with Crippen LogP contribution < -0.4 is 5.32 Å². The number of fused-ring (bicyclic) bond motifs is 1. The van der Waals surface area contributed by atoms with E-state index in [1.165, 1.54) is 0 Å². The van der Waals surface area contributed by atoms with Crippen molar-refractivity contribution in [1.82, 2.24) is 24.7 Å². The molecule has 1 N–H and O–H groups in total. The van der Waals surface area contributed by atoms with Crippen LogP contribution in [0.5, 0.6) is 0 Å². The van der Waals surface area contributed by atoms with Crippen molar-refractivity contribution in [3.8, 4) is 0 Å². The third kappa shape index (κ3) is 3.36. The third-order valence-electron chi connectivity index (χ3n) is 6.36. The van der Waals surface area contributed by atoms with Crippen LogP contribution in [0.3, 0.4) is 0 Å². The molecule has 1 saturated heterocycles. The average Bonchev–Trinajstić information content (AvgIpc) is 3.37. The number of hydrogen-bond donors (Lipinski definition) is 1. The van der Waals surface area contributed by atoms with Gasteiger partial charge in [0, 0.05) is 43.1 Å². The Kier molecular flexibility index (Phi) is 4.77. The molecule has 3 heterocycles. The van der Waals surface area contributed by atoms with Gasteiger partial charge in [-0.2, -0.15) is 0 Å². The lowest BCUT2D eigenvalue weighted by atomic mass is 10.0. The van der Waals surface area contributed by atoms with Crippen LogP contribution in [0.15, 0.2) is 43.0 Å². The Bertz CT molecular complexity index is 961. The van der Waals surface area contributed by atoms with Crippen LogP contribution in [0.25, 0.3) is 0 Å². The van der Waals surface area contributed by atoms with E-state index >= 15 is 0 Å². The number of carbonyl (C=O) groups is 3. The number of rotatable bonds is 5. The van der Waals surface area contributed by atoms with E-state index in [0.29, 0.717) is 24.7 Å². The molecule has 156 valence electrons. The van der Waals surface area contributed by atoms with Crippen molar-refractivity contribution in [2.24, 2.45) is 0 Å². The molecular formula is C22H25N5O3. The molecule has 1 unspecified atom stereocenters. The average molecular weight is 407 g/mol. The highest BCUT2D eigenvalue weighted by Crippen LogP contribution is 2.41. The van der Waals surface area contributed by atoms with Gasteiger partial charge in [-0.05, 0) is 37.3 Å². The smallest absolute Gasteiger partial charge is 0.255 e. The summed E-state index contributed by atoms with van der Waals surface area (Å²) in [6.07, 6.45) is 9.13. The molecule has 1 saturated carbocycles. The predicted molar refractivity (Wildman–Crippen MR) is 108 cm³/mol. The van der Waals surface area contributed by atoms with Gasteiger partial charge in [-0.25, -0.2) is 4.98 Å². The summed E-state index contributed by atoms with van der Waals surface area (Å²) >= 11 is 0. The molecule has 1 aromatic carbocycles. The number of nitrogens with zero attached hydrogens (tertiary/aromatic N) is 4. The zero-order valence-electron chi connectivity index (χ0n) is 16.7. The van der Waals surface area contributed by atoms with Crippen molar-refractivity contribution >= 4 is 17.7 Å². The van der Waals surface area contributed by atoms with Crippen molar-refractivity contribution in [3.63, 3.8) is 0 Å². The topological polar surface area (TPSA) is 87.5 Å². The molecule has 0 spiro atoms. The third-order valence-corrected chi connectivity index (χ3v) is 6.36. The van der Waals surface area contributed by atoms with Crippen LogP contribution in [0, 0.1) is 0 Å². The SMILES string of the molecule is O=C(NCC(=O)N1CCC(n2ccnc2)CC1)C1c2ccccc2C(=O)N1C1CC1. The summed E-state index contributed by atoms with van der Waals surface area (Å²) < 4.78 is 2.09. The molecule has 30 heavy (non-hydrogen) atoms. The second-order valence-electron chi connectivity index (χ2n) is 8.27. The number of benzene rings is 1. The molecule has 2 aromatic rings. The number of imidazole rings is 1. The Morgan fingerprint density at radius 2 is 1.83 bits per heavy atom. The molecule has 0 radical (unpaired) electrons. The van der Waals surface area contributed by atoms with Gasteiger partial charge in [0.05, 0.1) is 12.9 Å². The van der Waals surface area contributed by atoms with E-state index in [9.17, 15) is 14.4 Å². The molecule has 1 atom stereocenters. The highest BCUT2D eigenvalue weighted by Gasteiger charge is 2.47. The molecule has 2 fully saturated rings. The molecule has 2 aliphatic heterocycles. The van der Waals surface area contributed by atoms with Crippen LogP contribution in [0.1, 0.15) is 53.7 Å². The quantitative estimate of drug-likeness (QED) is 0.814. The number of piperidine rings is 1. The minimum Gasteiger partial charge on any atom is -0.345 e. The maximum absolute atomic E-state index is 13.0. The Labute approximate surface area is 174 Å². The second-order valence-corrected chi connectivity index (χ2v) is 8.27. The zero-order valence-corrected chi connectivity index (χ0v) is 16.7. The molecule has 3 amide bonds. The number of carbonyl (C=O) groups excluding carboxylic acids is 3. The Morgan fingerprint density at radius 3 is 2.53 bits per heavy atom. The van der Waals surface area contributed by atoms with Gasteiger partial charge in [0.1, 0.15) is 6.04 Å². The van der Waals surface area contributed by atoms with Gasteiger partial charge < -0.3 is 19.7 Å². The molecular weight excluding hydrogens is 382 g/mol. The summed E-state index contributed by atoms with van der Waals surface area (Å²) in [4.78, 5) is 46.0. The van der Waals surface area contributed by atoms with Gasteiger partial charge in [0.2, 0.25) is 11.8 Å². The summed E-state index contributed by atoms with van der Waals surface area (Å²) in [6.45, 7) is 1.28. The normalized spacial score (nSPS) is 21.6. The summed E-state index contributed by atoms with van der Waals surface area (Å²) in [5.41, 5.74) is 1.33. The van der Waals surface area contributed by atoms with E-state index in [0.717, 1.165) is 31.2 Å². The van der Waals surface area contributed by atoms with Crippen molar-refractivity contribution in [3.05, 3.63) is 54.1 Å². The number of nitrogens with one attached hydrogen (secondary N) is 1. The first-order valence-electron chi connectivity index (χ1n) is 10.6. The maximum Gasteiger partial charge on any atom is 0.255 e. The van der Waals surface area contributed by atoms with Crippen molar-refractivity contribution in [2.45, 2.75) is 43.8 Å². The van der Waals surface area contributed by atoms with Crippen LogP contribution in [-0.2, 0) is 9.59 Å². The van der Waals surface area contributed by atoms with E-state index in [2.05, 4.69) is 14.9 Å². The van der Waals surface area contributed by atoms with Gasteiger partial charge in [-0.3, -0.25) is 14.4 Å². The van der Waals surface area contributed by atoms with E-state index in [-0.39, 0.29) is 30.3 Å². The summed E-state index contributed by atoms with van der Waals surface area (Å²) in [7, 11) is 0. The van der Waals surface area contributed by atoms with Crippen molar-refractivity contribution in [2.75, 3.05) is 19.6 Å². The first kappa shape index (κ1) is 18.8. The van der Waals surface area contributed by atoms with E-state index < -0.39 is 6.04 Å². The van der Waals surface area contributed by atoms with Crippen LogP contribution in [-0.4, -0.2) is 62.7 Å². The van der Waals surface area contributed by atoms with Crippen LogP contribution >= 0.6 is 0 Å². The molecule has 8 heteroatoms. The highest BCUT2D eigenvalue weighted by molar-refractivity contribution is 6.05. The lowest BCUT2D eigenvalue weighted by molar-refractivity contribution is -0.135. The predicted octanol–water partition coefficient (Wildman–Crippen LogP) is 1.52. The van der Waals surface area contributed by atoms with Crippen molar-refractivity contribution in [1.29, 1.82) is 0 Å². The maximum atomic E-state index is 13.0. The fraction of sp³-hybridized carbons (Fsp3) is 0.455. The van der Waals surface area contributed by atoms with E-state index in [1.54, 1.807) is 22.1 Å². The zero-order chi connectivity index (χ0) is 20.7. The first-order chi connectivity index (χ1) is 14.6. The number of hydrogen-bond acceptors (Lipinski definition) is 4. The summed E-state index contributed by atoms with van der Waals surface area (Å²) in [5.74, 6) is -0.439. The number of aromatic nitrogens is 2. The molecule has 8 nitrogen and oxygen atoms in total. The van der Waals surface area contributed by atoms with E-state index in [1.807, 2.05) is 30.7 Å². The minimum atomic E-state index is -0.638. The van der Waals surface area contributed by atoms with Crippen LogP contribution in [0.2, 0.25) is 0 Å². The Morgan fingerprint density at radius 1 is 1.07 bits per heavy atom. The lowest BCUT2D eigenvalue weighted by Gasteiger charge is -2.33. The molecule has 1 aliphatic carbocycles. The Balaban J connectivity index is 1.20.